The van der Waals surface area contributed by atoms with Crippen LogP contribution in [0.25, 0.3) is 0 Å². The molecule has 2 nitrogen and oxygen atoms in total. The highest BCUT2D eigenvalue weighted by molar-refractivity contribution is 7.16. The number of thiophene rings is 1. The Morgan fingerprint density at radius 2 is 2.05 bits per heavy atom. The van der Waals surface area contributed by atoms with Gasteiger partial charge < -0.3 is 10.6 Å². The van der Waals surface area contributed by atoms with E-state index in [4.69, 9.17) is 28.9 Å². The molecule has 1 aromatic carbocycles. The largest absolute Gasteiger partial charge is 0.324 e. The Morgan fingerprint density at radius 1 is 1.25 bits per heavy atom. The van der Waals surface area contributed by atoms with Gasteiger partial charge in [-0.25, -0.2) is 0 Å². The molecule has 0 aliphatic carbocycles. The molecule has 1 heterocycles. The minimum absolute atomic E-state index is 0.0167. The molecule has 0 fully saturated rings. The lowest BCUT2D eigenvalue weighted by atomic mass is 10.0. The summed E-state index contributed by atoms with van der Waals surface area (Å²) in [6.45, 7) is 1.84. The average molecular weight is 329 g/mol. The normalized spacial score (nSPS) is 12.8. The van der Waals surface area contributed by atoms with Crippen molar-refractivity contribution in [3.8, 4) is 0 Å². The lowest BCUT2D eigenvalue weighted by Gasteiger charge is -2.19. The number of benzene rings is 1. The molecular weight excluding hydrogens is 311 g/mol. The first-order valence-electron chi connectivity index (χ1n) is 6.48. The van der Waals surface area contributed by atoms with E-state index in [0.29, 0.717) is 0 Å². The second-order valence-electron chi connectivity index (χ2n) is 4.89. The summed E-state index contributed by atoms with van der Waals surface area (Å²) in [7, 11) is 2.10. The predicted octanol–water partition coefficient (Wildman–Crippen LogP) is 4.58. The van der Waals surface area contributed by atoms with Crippen molar-refractivity contribution in [1.82, 2.24) is 4.90 Å². The Balaban J connectivity index is 1.82. The van der Waals surface area contributed by atoms with Gasteiger partial charge in [-0.2, -0.15) is 0 Å². The highest BCUT2D eigenvalue weighted by Crippen LogP contribution is 2.23. The summed E-state index contributed by atoms with van der Waals surface area (Å²) in [6, 6.07) is 11.8. The fraction of sp³-hybridized carbons (Fsp3) is 0.333. The van der Waals surface area contributed by atoms with Gasteiger partial charge in [-0.1, -0.05) is 35.3 Å². The van der Waals surface area contributed by atoms with Gasteiger partial charge in [0.05, 0.1) is 4.34 Å². The van der Waals surface area contributed by atoms with Crippen LogP contribution >= 0.6 is 34.5 Å². The fourth-order valence-electron chi connectivity index (χ4n) is 2.05. The summed E-state index contributed by atoms with van der Waals surface area (Å²) in [5, 5.41) is 0.736. The maximum absolute atomic E-state index is 6.21. The molecule has 0 saturated heterocycles. The quantitative estimate of drug-likeness (QED) is 0.841. The molecule has 0 amide bonds. The summed E-state index contributed by atoms with van der Waals surface area (Å²) < 4.78 is 0.837. The van der Waals surface area contributed by atoms with E-state index in [2.05, 4.69) is 18.0 Å². The Labute approximate surface area is 134 Å². The van der Waals surface area contributed by atoms with Crippen LogP contribution in [0, 0.1) is 0 Å². The Hall–Kier alpha value is -0.580. The van der Waals surface area contributed by atoms with E-state index in [0.717, 1.165) is 34.4 Å². The zero-order valence-corrected chi connectivity index (χ0v) is 13.7. The molecule has 0 aliphatic rings. The maximum atomic E-state index is 6.21. The van der Waals surface area contributed by atoms with Crippen LogP contribution in [-0.2, 0) is 6.54 Å². The number of nitrogens with zero attached hydrogens (tertiary/aromatic N) is 1. The number of hydrogen-bond acceptors (Lipinski definition) is 3. The number of nitrogens with two attached hydrogens (primary N) is 1. The molecular formula is C15H18Cl2N2S. The lowest BCUT2D eigenvalue weighted by molar-refractivity contribution is 0.314. The number of halogens is 2. The van der Waals surface area contributed by atoms with E-state index in [1.807, 2.05) is 30.3 Å². The van der Waals surface area contributed by atoms with Gasteiger partial charge >= 0.3 is 0 Å². The molecule has 0 saturated carbocycles. The van der Waals surface area contributed by atoms with Gasteiger partial charge in [0.1, 0.15) is 0 Å². The summed E-state index contributed by atoms with van der Waals surface area (Å²) >= 11 is 13.5. The van der Waals surface area contributed by atoms with E-state index in [9.17, 15) is 0 Å². The van der Waals surface area contributed by atoms with Crippen molar-refractivity contribution in [2.45, 2.75) is 19.0 Å². The van der Waals surface area contributed by atoms with Crippen molar-refractivity contribution in [2.24, 2.45) is 5.73 Å². The molecule has 0 radical (unpaired) electrons. The maximum Gasteiger partial charge on any atom is 0.0931 e. The van der Waals surface area contributed by atoms with Gasteiger partial charge in [-0.3, -0.25) is 0 Å². The summed E-state index contributed by atoms with van der Waals surface area (Å²) in [5.41, 5.74) is 7.29. The predicted molar refractivity (Wildman–Crippen MR) is 88.7 cm³/mol. The van der Waals surface area contributed by atoms with Gasteiger partial charge in [0.25, 0.3) is 0 Å². The third-order valence-corrected chi connectivity index (χ3v) is 4.60. The van der Waals surface area contributed by atoms with Gasteiger partial charge in [0.2, 0.25) is 0 Å². The van der Waals surface area contributed by atoms with Crippen LogP contribution in [0.15, 0.2) is 36.4 Å². The zero-order chi connectivity index (χ0) is 14.5. The molecule has 1 atom stereocenters. The van der Waals surface area contributed by atoms with Gasteiger partial charge in [-0.15, -0.1) is 11.3 Å². The second kappa shape index (κ2) is 7.43. The topological polar surface area (TPSA) is 29.3 Å². The van der Waals surface area contributed by atoms with Crippen molar-refractivity contribution in [1.29, 1.82) is 0 Å². The molecule has 5 heteroatoms. The van der Waals surface area contributed by atoms with E-state index < -0.39 is 0 Å². The summed E-state index contributed by atoms with van der Waals surface area (Å²) in [5.74, 6) is 0. The molecule has 1 unspecified atom stereocenters. The monoisotopic (exact) mass is 328 g/mol. The van der Waals surface area contributed by atoms with Crippen molar-refractivity contribution in [3.63, 3.8) is 0 Å². The highest BCUT2D eigenvalue weighted by Gasteiger charge is 2.09. The lowest BCUT2D eigenvalue weighted by Crippen LogP contribution is -2.23. The standard InChI is InChI=1S/C15H18Cl2N2S/c1-19(10-13-5-6-15(17)20-13)8-7-14(18)11-3-2-4-12(16)9-11/h2-6,9,14H,7-8,10,18H2,1H3. The zero-order valence-electron chi connectivity index (χ0n) is 11.4. The van der Waals surface area contributed by atoms with E-state index in [1.54, 1.807) is 11.3 Å². The Morgan fingerprint density at radius 3 is 2.70 bits per heavy atom. The molecule has 108 valence electrons. The minimum Gasteiger partial charge on any atom is -0.324 e. The summed E-state index contributed by atoms with van der Waals surface area (Å²) in [6.07, 6.45) is 0.899. The molecule has 0 bridgehead atoms. The molecule has 20 heavy (non-hydrogen) atoms. The SMILES string of the molecule is CN(CCC(N)c1cccc(Cl)c1)Cc1ccc(Cl)s1. The van der Waals surface area contributed by atoms with Gasteiger partial charge in [0, 0.05) is 29.0 Å². The molecule has 2 rings (SSSR count). The Bertz CT molecular complexity index is 556. The molecule has 2 aromatic rings. The smallest absolute Gasteiger partial charge is 0.0931 e. The van der Waals surface area contributed by atoms with Crippen LogP contribution in [-0.4, -0.2) is 18.5 Å². The number of hydrogen-bond donors (Lipinski definition) is 1. The van der Waals surface area contributed by atoms with Crippen LogP contribution in [0.4, 0.5) is 0 Å². The van der Waals surface area contributed by atoms with Crippen molar-refractivity contribution >= 4 is 34.5 Å². The molecule has 1 aromatic heterocycles. The minimum atomic E-state index is 0.0167. The van der Waals surface area contributed by atoms with Gasteiger partial charge in [0.15, 0.2) is 0 Å². The van der Waals surface area contributed by atoms with Crippen LogP contribution in [0.1, 0.15) is 22.9 Å². The third-order valence-electron chi connectivity index (χ3n) is 3.15. The molecule has 0 aliphatic heterocycles. The Kier molecular flexibility index (Phi) is 5.87. The van der Waals surface area contributed by atoms with Crippen LogP contribution in [0.3, 0.4) is 0 Å². The first-order chi connectivity index (χ1) is 9.54. The van der Waals surface area contributed by atoms with E-state index >= 15 is 0 Å². The summed E-state index contributed by atoms with van der Waals surface area (Å²) in [4.78, 5) is 3.53. The van der Waals surface area contributed by atoms with Crippen molar-refractivity contribution in [3.05, 3.63) is 56.2 Å². The average Bonchev–Trinajstić information content (AvgIpc) is 2.81. The molecule has 2 N–H and O–H groups in total. The van der Waals surface area contributed by atoms with Crippen LogP contribution in [0.5, 0.6) is 0 Å². The number of rotatable bonds is 6. The van der Waals surface area contributed by atoms with Crippen molar-refractivity contribution < 1.29 is 0 Å². The van der Waals surface area contributed by atoms with Crippen molar-refractivity contribution in [2.75, 3.05) is 13.6 Å². The third kappa shape index (κ3) is 4.76. The first kappa shape index (κ1) is 15.8. The fourth-order valence-corrected chi connectivity index (χ4v) is 3.41. The highest BCUT2D eigenvalue weighted by atomic mass is 35.5. The van der Waals surface area contributed by atoms with Gasteiger partial charge in [-0.05, 0) is 43.3 Å². The second-order valence-corrected chi connectivity index (χ2v) is 7.13. The van der Waals surface area contributed by atoms with E-state index in [1.165, 1.54) is 4.88 Å². The van der Waals surface area contributed by atoms with E-state index in [-0.39, 0.29) is 6.04 Å². The van der Waals surface area contributed by atoms with Crippen LogP contribution < -0.4 is 5.73 Å². The first-order valence-corrected chi connectivity index (χ1v) is 8.05. The van der Waals surface area contributed by atoms with Crippen LogP contribution in [0.2, 0.25) is 9.36 Å². The molecule has 0 spiro atoms.